The molecule has 1 heterocycles. The Morgan fingerprint density at radius 3 is 2.48 bits per heavy atom. The third-order valence-corrected chi connectivity index (χ3v) is 4.63. The number of thioether (sulfide) groups is 1. The predicted molar refractivity (Wildman–Crippen MR) is 91.1 cm³/mol. The fourth-order valence-corrected chi connectivity index (χ4v) is 3.19. The Morgan fingerprint density at radius 2 is 1.78 bits per heavy atom. The van der Waals surface area contributed by atoms with E-state index in [4.69, 9.17) is 11.6 Å². The number of rotatable bonds is 3. The molecule has 0 aliphatic carbocycles. The van der Waals surface area contributed by atoms with Crippen molar-refractivity contribution >= 4 is 40.6 Å². The number of hydrogen-bond donors (Lipinski definition) is 1. The van der Waals surface area contributed by atoms with Crippen LogP contribution in [-0.2, 0) is 11.3 Å². The number of benzene rings is 2. The van der Waals surface area contributed by atoms with E-state index in [-0.39, 0.29) is 23.4 Å². The number of amides is 2. The van der Waals surface area contributed by atoms with Gasteiger partial charge in [0.15, 0.2) is 0 Å². The molecule has 2 aromatic carbocycles. The Labute approximate surface area is 142 Å². The van der Waals surface area contributed by atoms with Crippen LogP contribution in [0.3, 0.4) is 0 Å². The molecule has 1 saturated heterocycles. The molecule has 23 heavy (non-hydrogen) atoms. The van der Waals surface area contributed by atoms with E-state index in [1.165, 1.54) is 17.0 Å². The summed E-state index contributed by atoms with van der Waals surface area (Å²) >= 11 is 6.98. The van der Waals surface area contributed by atoms with Crippen molar-refractivity contribution in [1.82, 2.24) is 4.90 Å². The van der Waals surface area contributed by atoms with Gasteiger partial charge in [0.1, 0.15) is 5.75 Å². The van der Waals surface area contributed by atoms with Crippen LogP contribution in [0.2, 0.25) is 5.02 Å². The standard InChI is InChI=1S/C17H12ClNO3S/c18-14-4-2-1-3-12(14)10-19-16(21)15(23-17(19)22)9-11-5-7-13(20)8-6-11/h1-9,20H,10H2. The van der Waals surface area contributed by atoms with Crippen molar-refractivity contribution in [1.29, 1.82) is 0 Å². The second kappa shape index (κ2) is 6.48. The number of imide groups is 1. The van der Waals surface area contributed by atoms with Crippen molar-refractivity contribution in [3.8, 4) is 5.75 Å². The maximum absolute atomic E-state index is 12.4. The van der Waals surface area contributed by atoms with Crippen LogP contribution in [0.1, 0.15) is 11.1 Å². The third kappa shape index (κ3) is 3.41. The number of carbonyl (C=O) groups excluding carboxylic acids is 2. The molecular formula is C17H12ClNO3S. The molecule has 0 bridgehead atoms. The first kappa shape index (κ1) is 15.6. The molecule has 0 atom stereocenters. The zero-order valence-electron chi connectivity index (χ0n) is 11.9. The molecule has 1 N–H and O–H groups in total. The Bertz CT molecular complexity index is 802. The predicted octanol–water partition coefficient (Wildman–Crippen LogP) is 4.28. The first-order valence-corrected chi connectivity index (χ1v) is 8.02. The smallest absolute Gasteiger partial charge is 0.293 e. The van der Waals surface area contributed by atoms with Crippen LogP contribution in [0.5, 0.6) is 5.75 Å². The molecule has 2 amide bonds. The minimum Gasteiger partial charge on any atom is -0.508 e. The van der Waals surface area contributed by atoms with Gasteiger partial charge >= 0.3 is 0 Å². The highest BCUT2D eigenvalue weighted by molar-refractivity contribution is 8.18. The van der Waals surface area contributed by atoms with E-state index in [9.17, 15) is 14.7 Å². The SMILES string of the molecule is O=C1SC(=Cc2ccc(O)cc2)C(=O)N1Cc1ccccc1Cl. The molecule has 2 aromatic rings. The van der Waals surface area contributed by atoms with E-state index in [0.29, 0.717) is 9.93 Å². The Balaban J connectivity index is 1.82. The lowest BCUT2D eigenvalue weighted by Crippen LogP contribution is -2.27. The third-order valence-electron chi connectivity index (χ3n) is 3.35. The molecule has 116 valence electrons. The summed E-state index contributed by atoms with van der Waals surface area (Å²) in [5, 5.41) is 9.48. The van der Waals surface area contributed by atoms with Gasteiger partial charge in [0.25, 0.3) is 11.1 Å². The van der Waals surface area contributed by atoms with Crippen molar-refractivity contribution in [2.24, 2.45) is 0 Å². The van der Waals surface area contributed by atoms with Gasteiger partial charge in [0.2, 0.25) is 0 Å². The molecule has 0 saturated carbocycles. The zero-order chi connectivity index (χ0) is 16.4. The van der Waals surface area contributed by atoms with Gasteiger partial charge in [-0.3, -0.25) is 14.5 Å². The number of phenolic OH excluding ortho intramolecular Hbond substituents is 1. The fourth-order valence-electron chi connectivity index (χ4n) is 2.16. The largest absolute Gasteiger partial charge is 0.508 e. The number of carbonyl (C=O) groups is 2. The highest BCUT2D eigenvalue weighted by Crippen LogP contribution is 2.34. The first-order valence-electron chi connectivity index (χ1n) is 6.82. The van der Waals surface area contributed by atoms with Crippen LogP contribution in [0.4, 0.5) is 4.79 Å². The normalized spacial score (nSPS) is 16.4. The van der Waals surface area contributed by atoms with Gasteiger partial charge < -0.3 is 5.11 Å². The maximum Gasteiger partial charge on any atom is 0.293 e. The Morgan fingerprint density at radius 1 is 1.09 bits per heavy atom. The summed E-state index contributed by atoms with van der Waals surface area (Å²) in [6.45, 7) is 0.150. The quantitative estimate of drug-likeness (QED) is 0.843. The minimum atomic E-state index is -0.340. The Hall–Kier alpha value is -2.24. The highest BCUT2D eigenvalue weighted by atomic mass is 35.5. The van der Waals surface area contributed by atoms with E-state index in [0.717, 1.165) is 22.9 Å². The van der Waals surface area contributed by atoms with Crippen LogP contribution in [0.25, 0.3) is 6.08 Å². The summed E-state index contributed by atoms with van der Waals surface area (Å²) in [5.41, 5.74) is 1.47. The fraction of sp³-hybridized carbons (Fsp3) is 0.0588. The Kier molecular flexibility index (Phi) is 4.41. The molecule has 1 fully saturated rings. The summed E-state index contributed by atoms with van der Waals surface area (Å²) in [7, 11) is 0. The average molecular weight is 346 g/mol. The summed E-state index contributed by atoms with van der Waals surface area (Å²) in [4.78, 5) is 26.1. The molecule has 6 heteroatoms. The molecule has 1 aliphatic rings. The lowest BCUT2D eigenvalue weighted by atomic mass is 10.2. The molecule has 0 spiro atoms. The van der Waals surface area contributed by atoms with Gasteiger partial charge in [-0.2, -0.15) is 0 Å². The number of halogens is 1. The lowest BCUT2D eigenvalue weighted by Gasteiger charge is -2.13. The minimum absolute atomic E-state index is 0.147. The molecule has 0 radical (unpaired) electrons. The second-order valence-electron chi connectivity index (χ2n) is 4.95. The van der Waals surface area contributed by atoms with E-state index < -0.39 is 0 Å². The van der Waals surface area contributed by atoms with Crippen LogP contribution in [-0.4, -0.2) is 21.2 Å². The molecule has 3 rings (SSSR count). The van der Waals surface area contributed by atoms with E-state index in [1.807, 2.05) is 6.07 Å². The topological polar surface area (TPSA) is 57.6 Å². The number of aromatic hydroxyl groups is 1. The van der Waals surface area contributed by atoms with Gasteiger partial charge in [-0.25, -0.2) is 0 Å². The summed E-state index contributed by atoms with van der Waals surface area (Å²) in [6, 6.07) is 13.5. The molecule has 0 unspecified atom stereocenters. The average Bonchev–Trinajstić information content (AvgIpc) is 2.79. The molecular weight excluding hydrogens is 334 g/mol. The molecule has 0 aromatic heterocycles. The van der Waals surface area contributed by atoms with Crippen molar-refractivity contribution < 1.29 is 14.7 Å². The van der Waals surface area contributed by atoms with E-state index >= 15 is 0 Å². The summed E-state index contributed by atoms with van der Waals surface area (Å²) in [6.07, 6.45) is 1.64. The van der Waals surface area contributed by atoms with Crippen molar-refractivity contribution in [3.05, 3.63) is 69.6 Å². The van der Waals surface area contributed by atoms with Gasteiger partial charge in [-0.15, -0.1) is 0 Å². The second-order valence-corrected chi connectivity index (χ2v) is 6.35. The monoisotopic (exact) mass is 345 g/mol. The number of hydrogen-bond acceptors (Lipinski definition) is 4. The molecule has 1 aliphatic heterocycles. The van der Waals surface area contributed by atoms with E-state index in [2.05, 4.69) is 0 Å². The number of phenols is 1. The van der Waals surface area contributed by atoms with Crippen LogP contribution in [0.15, 0.2) is 53.4 Å². The van der Waals surface area contributed by atoms with Crippen LogP contribution >= 0.6 is 23.4 Å². The van der Waals surface area contributed by atoms with Gasteiger partial charge in [-0.1, -0.05) is 41.9 Å². The van der Waals surface area contributed by atoms with Crippen molar-refractivity contribution in [2.45, 2.75) is 6.54 Å². The van der Waals surface area contributed by atoms with Crippen LogP contribution < -0.4 is 0 Å². The van der Waals surface area contributed by atoms with Crippen molar-refractivity contribution in [3.63, 3.8) is 0 Å². The maximum atomic E-state index is 12.4. The van der Waals surface area contributed by atoms with Crippen LogP contribution in [0, 0.1) is 0 Å². The lowest BCUT2D eigenvalue weighted by molar-refractivity contribution is -0.123. The highest BCUT2D eigenvalue weighted by Gasteiger charge is 2.35. The molecule has 4 nitrogen and oxygen atoms in total. The number of nitrogens with zero attached hydrogens (tertiary/aromatic N) is 1. The first-order chi connectivity index (χ1) is 11.0. The van der Waals surface area contributed by atoms with Gasteiger partial charge in [0.05, 0.1) is 11.4 Å². The summed E-state index contributed by atoms with van der Waals surface area (Å²) < 4.78 is 0. The van der Waals surface area contributed by atoms with Gasteiger partial charge in [0, 0.05) is 5.02 Å². The summed E-state index contributed by atoms with van der Waals surface area (Å²) in [5.74, 6) is -0.193. The van der Waals surface area contributed by atoms with E-state index in [1.54, 1.807) is 36.4 Å². The van der Waals surface area contributed by atoms with Gasteiger partial charge in [-0.05, 0) is 47.2 Å². The van der Waals surface area contributed by atoms with Crippen molar-refractivity contribution in [2.75, 3.05) is 0 Å². The zero-order valence-corrected chi connectivity index (χ0v) is 13.5.